The fourth-order valence-electron chi connectivity index (χ4n) is 2.51. The van der Waals surface area contributed by atoms with E-state index in [0.29, 0.717) is 0 Å². The predicted molar refractivity (Wildman–Crippen MR) is 76.2 cm³/mol. The van der Waals surface area contributed by atoms with Crippen LogP contribution < -0.4 is 5.32 Å². The molecule has 0 bridgehead atoms. The second kappa shape index (κ2) is 8.41. The number of thioether (sulfide) groups is 1. The van der Waals surface area contributed by atoms with Crippen LogP contribution in [0.3, 0.4) is 0 Å². The zero-order valence-electron chi connectivity index (χ0n) is 11.3. The highest BCUT2D eigenvalue weighted by atomic mass is 32.2. The molecule has 0 radical (unpaired) electrons. The molecule has 0 spiro atoms. The van der Waals surface area contributed by atoms with E-state index in [9.17, 15) is 0 Å². The highest BCUT2D eigenvalue weighted by Crippen LogP contribution is 2.29. The fourth-order valence-corrected chi connectivity index (χ4v) is 3.96. The third kappa shape index (κ3) is 5.58. The van der Waals surface area contributed by atoms with E-state index in [1.807, 2.05) is 0 Å². The molecule has 0 aromatic carbocycles. The van der Waals surface area contributed by atoms with E-state index < -0.39 is 0 Å². The van der Waals surface area contributed by atoms with Gasteiger partial charge >= 0.3 is 0 Å². The van der Waals surface area contributed by atoms with E-state index in [4.69, 9.17) is 0 Å². The molecule has 1 N–H and O–H groups in total. The Bertz CT molecular complexity index is 164. The van der Waals surface area contributed by atoms with Crippen molar-refractivity contribution in [2.45, 2.75) is 58.9 Å². The van der Waals surface area contributed by atoms with Gasteiger partial charge in [0.2, 0.25) is 0 Å². The summed E-state index contributed by atoms with van der Waals surface area (Å²) >= 11 is 2.15. The van der Waals surface area contributed by atoms with Gasteiger partial charge in [0.15, 0.2) is 0 Å². The molecule has 0 aliphatic heterocycles. The average Bonchev–Trinajstić information content (AvgIpc) is 2.75. The third-order valence-corrected chi connectivity index (χ3v) is 4.69. The Morgan fingerprint density at radius 2 is 1.94 bits per heavy atom. The lowest BCUT2D eigenvalue weighted by Gasteiger charge is -2.24. The Balaban J connectivity index is 2.17. The van der Waals surface area contributed by atoms with Crippen LogP contribution in [0.25, 0.3) is 0 Å². The quantitative estimate of drug-likeness (QED) is 0.648. The largest absolute Gasteiger partial charge is 0.313 e. The maximum atomic E-state index is 3.69. The minimum absolute atomic E-state index is 0.782. The zero-order chi connectivity index (χ0) is 11.8. The van der Waals surface area contributed by atoms with Crippen molar-refractivity contribution in [3.8, 4) is 0 Å². The van der Waals surface area contributed by atoms with Gasteiger partial charge in [-0.05, 0) is 43.4 Å². The van der Waals surface area contributed by atoms with Crippen molar-refractivity contribution < 1.29 is 0 Å². The average molecular weight is 243 g/mol. The Hall–Kier alpha value is 0.310. The Morgan fingerprint density at radius 1 is 1.25 bits per heavy atom. The van der Waals surface area contributed by atoms with E-state index in [1.165, 1.54) is 43.6 Å². The minimum Gasteiger partial charge on any atom is -0.313 e. The summed E-state index contributed by atoms with van der Waals surface area (Å²) in [6.07, 6.45) is 7.21. The van der Waals surface area contributed by atoms with Crippen LogP contribution in [-0.4, -0.2) is 24.1 Å². The molecular weight excluding hydrogens is 214 g/mol. The van der Waals surface area contributed by atoms with Gasteiger partial charge in [-0.3, -0.25) is 0 Å². The Kier molecular flexibility index (Phi) is 7.55. The molecule has 0 heterocycles. The van der Waals surface area contributed by atoms with E-state index in [0.717, 1.165) is 24.4 Å². The van der Waals surface area contributed by atoms with Crippen LogP contribution in [0.4, 0.5) is 0 Å². The molecule has 0 aromatic rings. The highest BCUT2D eigenvalue weighted by Gasteiger charge is 2.23. The number of nitrogens with one attached hydrogen (secondary N) is 1. The van der Waals surface area contributed by atoms with Crippen molar-refractivity contribution >= 4 is 11.8 Å². The van der Waals surface area contributed by atoms with Gasteiger partial charge < -0.3 is 5.32 Å². The van der Waals surface area contributed by atoms with Crippen LogP contribution in [0.1, 0.15) is 52.9 Å². The highest BCUT2D eigenvalue weighted by molar-refractivity contribution is 7.99. The zero-order valence-corrected chi connectivity index (χ0v) is 12.1. The Labute approximate surface area is 106 Å². The number of rotatable bonds is 8. The summed E-state index contributed by atoms with van der Waals surface area (Å²) in [5, 5.41) is 3.69. The number of hydrogen-bond acceptors (Lipinski definition) is 2. The molecule has 16 heavy (non-hydrogen) atoms. The summed E-state index contributed by atoms with van der Waals surface area (Å²) in [5.74, 6) is 4.49. The fraction of sp³-hybridized carbons (Fsp3) is 1.00. The molecule has 0 saturated heterocycles. The van der Waals surface area contributed by atoms with Gasteiger partial charge in [-0.25, -0.2) is 0 Å². The van der Waals surface area contributed by atoms with Crippen molar-refractivity contribution in [2.24, 2.45) is 11.8 Å². The molecular formula is C14H29NS. The normalized spacial score (nSPS) is 19.5. The summed E-state index contributed by atoms with van der Waals surface area (Å²) in [6.45, 7) is 8.01. The Morgan fingerprint density at radius 3 is 2.50 bits per heavy atom. The monoisotopic (exact) mass is 243 g/mol. The van der Waals surface area contributed by atoms with Crippen molar-refractivity contribution in [3.63, 3.8) is 0 Å². The molecule has 1 atom stereocenters. The molecule has 1 unspecified atom stereocenters. The van der Waals surface area contributed by atoms with Crippen molar-refractivity contribution in [1.29, 1.82) is 0 Å². The molecule has 1 aliphatic carbocycles. The smallest absolute Gasteiger partial charge is 0.0186 e. The van der Waals surface area contributed by atoms with Gasteiger partial charge in [-0.2, -0.15) is 11.8 Å². The summed E-state index contributed by atoms with van der Waals surface area (Å²) < 4.78 is 0. The summed E-state index contributed by atoms with van der Waals surface area (Å²) in [6, 6.07) is 0.782. The van der Waals surface area contributed by atoms with Crippen LogP contribution in [0.5, 0.6) is 0 Å². The third-order valence-electron chi connectivity index (χ3n) is 3.57. The van der Waals surface area contributed by atoms with Gasteiger partial charge in [-0.1, -0.05) is 33.6 Å². The summed E-state index contributed by atoms with van der Waals surface area (Å²) in [4.78, 5) is 0. The minimum atomic E-state index is 0.782. The van der Waals surface area contributed by atoms with Crippen LogP contribution in [0.15, 0.2) is 0 Å². The van der Waals surface area contributed by atoms with Crippen LogP contribution >= 0.6 is 11.8 Å². The lowest BCUT2D eigenvalue weighted by Crippen LogP contribution is -2.37. The summed E-state index contributed by atoms with van der Waals surface area (Å²) in [5.41, 5.74) is 0. The van der Waals surface area contributed by atoms with Crippen LogP contribution in [0.2, 0.25) is 0 Å². The molecule has 1 aliphatic rings. The number of hydrogen-bond donors (Lipinski definition) is 1. The van der Waals surface area contributed by atoms with Gasteiger partial charge in [0.25, 0.3) is 0 Å². The van der Waals surface area contributed by atoms with Gasteiger partial charge in [-0.15, -0.1) is 0 Å². The first-order valence-corrected chi connectivity index (χ1v) is 8.20. The molecule has 1 rings (SSSR count). The lowest BCUT2D eigenvalue weighted by atomic mass is 10.00. The SMILES string of the molecule is CCNC(CSCCC(C)C)C1CCCC1. The van der Waals surface area contributed by atoms with Crippen LogP contribution in [0, 0.1) is 11.8 Å². The van der Waals surface area contributed by atoms with E-state index in [-0.39, 0.29) is 0 Å². The van der Waals surface area contributed by atoms with Crippen LogP contribution in [-0.2, 0) is 0 Å². The van der Waals surface area contributed by atoms with E-state index in [1.54, 1.807) is 0 Å². The molecule has 1 fully saturated rings. The van der Waals surface area contributed by atoms with Gasteiger partial charge in [0.1, 0.15) is 0 Å². The van der Waals surface area contributed by atoms with Crippen molar-refractivity contribution in [1.82, 2.24) is 5.32 Å². The topological polar surface area (TPSA) is 12.0 Å². The molecule has 2 heteroatoms. The first-order valence-electron chi connectivity index (χ1n) is 7.05. The molecule has 1 saturated carbocycles. The summed E-state index contributed by atoms with van der Waals surface area (Å²) in [7, 11) is 0. The van der Waals surface area contributed by atoms with Gasteiger partial charge in [0.05, 0.1) is 0 Å². The van der Waals surface area contributed by atoms with E-state index >= 15 is 0 Å². The molecule has 96 valence electrons. The van der Waals surface area contributed by atoms with Gasteiger partial charge in [0, 0.05) is 11.8 Å². The first-order chi connectivity index (χ1) is 7.74. The molecule has 0 aromatic heterocycles. The maximum absolute atomic E-state index is 3.69. The molecule has 0 amide bonds. The first kappa shape index (κ1) is 14.4. The molecule has 1 nitrogen and oxygen atoms in total. The second-order valence-corrected chi connectivity index (χ2v) is 6.62. The second-order valence-electron chi connectivity index (χ2n) is 5.47. The van der Waals surface area contributed by atoms with E-state index in [2.05, 4.69) is 37.8 Å². The maximum Gasteiger partial charge on any atom is 0.0186 e. The van der Waals surface area contributed by atoms with Crippen molar-refractivity contribution in [3.05, 3.63) is 0 Å². The predicted octanol–water partition coefficient (Wildman–Crippen LogP) is 3.93. The van der Waals surface area contributed by atoms with Crippen molar-refractivity contribution in [2.75, 3.05) is 18.1 Å². The lowest BCUT2D eigenvalue weighted by molar-refractivity contribution is 0.394. The standard InChI is InChI=1S/C14H29NS/c1-4-15-14(13-7-5-6-8-13)11-16-10-9-12(2)3/h12-15H,4-11H2,1-3H3.